The average molecular weight is 675 g/mol. The molecule has 262 valence electrons. The van der Waals surface area contributed by atoms with Crippen molar-refractivity contribution in [1.82, 2.24) is 25.9 Å². The van der Waals surface area contributed by atoms with E-state index in [1.807, 2.05) is 48.5 Å². The van der Waals surface area contributed by atoms with Gasteiger partial charge in [0.2, 0.25) is 17.7 Å². The first-order valence-electron chi connectivity index (χ1n) is 16.3. The Labute approximate surface area is 283 Å². The maximum atomic E-state index is 14.0. The highest BCUT2D eigenvalue weighted by Gasteiger charge is 2.31. The first-order chi connectivity index (χ1) is 23.6. The van der Waals surface area contributed by atoms with Gasteiger partial charge in [0.25, 0.3) is 0 Å². The van der Waals surface area contributed by atoms with Crippen LogP contribution in [-0.2, 0) is 32.0 Å². The topological polar surface area (TPSA) is 273 Å². The standard InChI is InChI=1S/C34H46N10O5/c35-14-6-5-12-28(33(48)49)43-31(46)27(13-7-15-39-34(37)38)42-32(47)29(17-21-19-41-26-11-4-2-9-23(21)26)44-30(45)24(36)16-20-18-40-25-10-3-1-8-22(20)25/h1-4,8-11,18-19,24,27-29,40-41H,5-7,12-17,35-36H2,(H,42,47)(H,43,46)(H,44,45)(H,48,49)(H4,37,38,39). The number of rotatable bonds is 19. The third kappa shape index (κ3) is 10.3. The number of carboxylic acid groups (broad SMARTS) is 1. The molecule has 0 aliphatic carbocycles. The second kappa shape index (κ2) is 17.7. The van der Waals surface area contributed by atoms with Crippen molar-refractivity contribution in [1.29, 1.82) is 0 Å². The minimum Gasteiger partial charge on any atom is -0.480 e. The van der Waals surface area contributed by atoms with E-state index >= 15 is 0 Å². The van der Waals surface area contributed by atoms with Crippen LogP contribution < -0.4 is 38.9 Å². The van der Waals surface area contributed by atoms with Crippen molar-refractivity contribution in [2.75, 3.05) is 13.1 Å². The van der Waals surface area contributed by atoms with Crippen LogP contribution >= 0.6 is 0 Å². The number of aromatic amines is 2. The summed E-state index contributed by atoms with van der Waals surface area (Å²) in [6, 6.07) is 10.8. The molecule has 2 heterocycles. The van der Waals surface area contributed by atoms with Crippen molar-refractivity contribution in [3.05, 3.63) is 72.1 Å². The Hall–Kier alpha value is -5.41. The molecule has 4 aromatic rings. The second-order valence-corrected chi connectivity index (χ2v) is 12.0. The van der Waals surface area contributed by atoms with Gasteiger partial charge < -0.3 is 54.0 Å². The predicted molar refractivity (Wildman–Crippen MR) is 188 cm³/mol. The first kappa shape index (κ1) is 36.4. The summed E-state index contributed by atoms with van der Waals surface area (Å²) in [5.41, 5.74) is 26.2. The summed E-state index contributed by atoms with van der Waals surface area (Å²) in [7, 11) is 0. The maximum Gasteiger partial charge on any atom is 0.326 e. The van der Waals surface area contributed by atoms with Gasteiger partial charge >= 0.3 is 5.97 Å². The molecule has 0 radical (unpaired) electrons. The molecule has 49 heavy (non-hydrogen) atoms. The highest BCUT2D eigenvalue weighted by atomic mass is 16.4. The number of benzene rings is 2. The van der Waals surface area contributed by atoms with Gasteiger partial charge in [0, 0.05) is 47.2 Å². The summed E-state index contributed by atoms with van der Waals surface area (Å²) in [5, 5.41) is 19.6. The van der Waals surface area contributed by atoms with Crippen molar-refractivity contribution < 1.29 is 24.3 Å². The summed E-state index contributed by atoms with van der Waals surface area (Å²) < 4.78 is 0. The van der Waals surface area contributed by atoms with Gasteiger partial charge in [-0.25, -0.2) is 4.79 Å². The summed E-state index contributed by atoms with van der Waals surface area (Å²) in [4.78, 5) is 63.2. The van der Waals surface area contributed by atoms with E-state index in [1.54, 1.807) is 12.4 Å². The first-order valence-corrected chi connectivity index (χ1v) is 16.3. The number of aliphatic imine (C=N–C) groups is 1. The molecular formula is C34H46N10O5. The molecule has 3 amide bonds. The zero-order valence-corrected chi connectivity index (χ0v) is 27.3. The van der Waals surface area contributed by atoms with Crippen LogP contribution in [0.15, 0.2) is 65.9 Å². The fraction of sp³-hybridized carbons (Fsp3) is 0.382. The van der Waals surface area contributed by atoms with Crippen LogP contribution in [0.3, 0.4) is 0 Å². The summed E-state index contributed by atoms with van der Waals surface area (Å²) in [6.45, 7) is 0.567. The number of nitrogens with zero attached hydrogens (tertiary/aromatic N) is 1. The number of carboxylic acids is 1. The third-order valence-electron chi connectivity index (χ3n) is 8.32. The van der Waals surface area contributed by atoms with Gasteiger partial charge in [-0.15, -0.1) is 0 Å². The Balaban J connectivity index is 1.55. The van der Waals surface area contributed by atoms with Gasteiger partial charge in [-0.1, -0.05) is 36.4 Å². The number of amides is 3. The summed E-state index contributed by atoms with van der Waals surface area (Å²) in [5.74, 6) is -3.21. The van der Waals surface area contributed by atoms with Crippen LogP contribution in [0.2, 0.25) is 0 Å². The van der Waals surface area contributed by atoms with Crippen LogP contribution in [0, 0.1) is 0 Å². The highest BCUT2D eigenvalue weighted by Crippen LogP contribution is 2.21. The van der Waals surface area contributed by atoms with Crippen LogP contribution in [0.1, 0.15) is 43.2 Å². The van der Waals surface area contributed by atoms with E-state index in [9.17, 15) is 24.3 Å². The zero-order chi connectivity index (χ0) is 35.3. The Morgan fingerprint density at radius 1 is 0.714 bits per heavy atom. The molecule has 0 aliphatic heterocycles. The third-order valence-corrected chi connectivity index (χ3v) is 8.32. The Bertz CT molecular complexity index is 1760. The smallest absolute Gasteiger partial charge is 0.326 e. The number of aliphatic carboxylic acids is 1. The Morgan fingerprint density at radius 3 is 1.84 bits per heavy atom. The molecule has 4 rings (SSSR count). The quantitative estimate of drug-likeness (QED) is 0.0376. The number of fused-ring (bicyclic) bond motifs is 2. The van der Waals surface area contributed by atoms with E-state index in [0.29, 0.717) is 25.8 Å². The number of para-hydroxylation sites is 2. The van der Waals surface area contributed by atoms with E-state index in [1.165, 1.54) is 0 Å². The molecule has 0 saturated heterocycles. The fourth-order valence-corrected chi connectivity index (χ4v) is 5.71. The van der Waals surface area contributed by atoms with Crippen LogP contribution in [0.5, 0.6) is 0 Å². The normalized spacial score (nSPS) is 13.7. The summed E-state index contributed by atoms with van der Waals surface area (Å²) >= 11 is 0. The lowest BCUT2D eigenvalue weighted by Gasteiger charge is -2.25. The number of carbonyl (C=O) groups excluding carboxylic acids is 3. The van der Waals surface area contributed by atoms with Crippen LogP contribution in [0.4, 0.5) is 0 Å². The molecule has 2 aromatic heterocycles. The van der Waals surface area contributed by atoms with Gasteiger partial charge in [-0.2, -0.15) is 0 Å². The number of nitrogens with one attached hydrogen (secondary N) is 5. The Kier molecular flexibility index (Phi) is 13.1. The van der Waals surface area contributed by atoms with E-state index in [-0.39, 0.29) is 38.2 Å². The molecule has 0 bridgehead atoms. The molecule has 0 fully saturated rings. The fourth-order valence-electron chi connectivity index (χ4n) is 5.71. The number of hydrogen-bond acceptors (Lipinski definition) is 7. The van der Waals surface area contributed by atoms with Gasteiger partial charge in [-0.05, 0) is 68.3 Å². The molecular weight excluding hydrogens is 628 g/mol. The number of hydrogen-bond donors (Lipinski definition) is 10. The number of unbranched alkanes of at least 4 members (excludes halogenated alkanes) is 1. The maximum absolute atomic E-state index is 14.0. The largest absolute Gasteiger partial charge is 0.480 e. The molecule has 0 saturated carbocycles. The van der Waals surface area contributed by atoms with E-state index in [0.717, 1.165) is 32.9 Å². The van der Waals surface area contributed by atoms with E-state index in [4.69, 9.17) is 22.9 Å². The van der Waals surface area contributed by atoms with E-state index in [2.05, 4.69) is 30.9 Å². The molecule has 15 heteroatoms. The number of guanidine groups is 1. The second-order valence-electron chi connectivity index (χ2n) is 12.0. The molecule has 15 nitrogen and oxygen atoms in total. The van der Waals surface area contributed by atoms with Crippen molar-refractivity contribution in [2.45, 2.75) is 69.1 Å². The molecule has 0 spiro atoms. The van der Waals surface area contributed by atoms with Crippen LogP contribution in [-0.4, -0.2) is 82.0 Å². The SMILES string of the molecule is NCCCCC(NC(=O)C(CCCN=C(N)N)NC(=O)C(Cc1c[nH]c2ccccc12)NC(=O)C(N)Cc1c[nH]c2ccccc12)C(=O)O. The minimum atomic E-state index is -1.20. The molecule has 4 atom stereocenters. The molecule has 0 aliphatic rings. The van der Waals surface area contributed by atoms with Gasteiger partial charge in [0.15, 0.2) is 5.96 Å². The lowest BCUT2D eigenvalue weighted by molar-refractivity contribution is -0.142. The van der Waals surface area contributed by atoms with Crippen LogP contribution in [0.25, 0.3) is 21.8 Å². The van der Waals surface area contributed by atoms with Crippen molar-refractivity contribution >= 4 is 51.5 Å². The van der Waals surface area contributed by atoms with Crippen molar-refractivity contribution in [3.8, 4) is 0 Å². The summed E-state index contributed by atoms with van der Waals surface area (Å²) in [6.07, 6.45) is 5.52. The zero-order valence-electron chi connectivity index (χ0n) is 27.3. The van der Waals surface area contributed by atoms with E-state index < -0.39 is 47.9 Å². The molecule has 14 N–H and O–H groups in total. The van der Waals surface area contributed by atoms with Gasteiger partial charge in [0.05, 0.1) is 6.04 Å². The van der Waals surface area contributed by atoms with Gasteiger partial charge in [0.1, 0.15) is 18.1 Å². The highest BCUT2D eigenvalue weighted by molar-refractivity contribution is 5.95. The van der Waals surface area contributed by atoms with Crippen molar-refractivity contribution in [2.24, 2.45) is 27.9 Å². The minimum absolute atomic E-state index is 0.0839. The Morgan fingerprint density at radius 2 is 1.24 bits per heavy atom. The van der Waals surface area contributed by atoms with Crippen molar-refractivity contribution in [3.63, 3.8) is 0 Å². The van der Waals surface area contributed by atoms with Gasteiger partial charge in [-0.3, -0.25) is 19.4 Å². The number of nitrogens with two attached hydrogens (primary N) is 4. The molecule has 2 aromatic carbocycles. The molecule has 4 unspecified atom stereocenters. The number of aromatic nitrogens is 2. The number of carbonyl (C=O) groups is 4. The monoisotopic (exact) mass is 674 g/mol. The number of H-pyrrole nitrogens is 2. The predicted octanol–water partition coefficient (Wildman–Crippen LogP) is 0.483. The lowest BCUT2D eigenvalue weighted by Crippen LogP contribution is -2.57. The average Bonchev–Trinajstić information content (AvgIpc) is 3.68. The lowest BCUT2D eigenvalue weighted by atomic mass is 10.0.